The third kappa shape index (κ3) is 4.21. The predicted octanol–water partition coefficient (Wildman–Crippen LogP) is 4.15. The fourth-order valence-corrected chi connectivity index (χ4v) is 9.22. The molecule has 1 N–H and O–H groups in total. The van der Waals surface area contributed by atoms with Crippen LogP contribution in [0.4, 0.5) is 5.69 Å². The van der Waals surface area contributed by atoms with Crippen LogP contribution in [0.5, 0.6) is 0 Å². The van der Waals surface area contributed by atoms with Gasteiger partial charge in [0, 0.05) is 11.3 Å². The largest absolute Gasteiger partial charge is 0.461 e. The SMILES string of the molecule is C=CCOC(=O)[C@H]1[C@H]2C(=O)N([C@@H](CC)CO)C(C(=O)N(CC=C)c3c(C)cccc3Cl)C23CC[C@]1(C)S3. The molecule has 0 radical (unpaired) electrons. The number of carbonyl (C=O) groups is 3. The van der Waals surface area contributed by atoms with Gasteiger partial charge in [-0.15, -0.1) is 18.3 Å². The Kier molecular flexibility index (Phi) is 7.84. The second kappa shape index (κ2) is 10.5. The van der Waals surface area contributed by atoms with Gasteiger partial charge in [-0.3, -0.25) is 14.4 Å². The zero-order chi connectivity index (χ0) is 27.1. The Morgan fingerprint density at radius 3 is 2.68 bits per heavy atom. The maximum Gasteiger partial charge on any atom is 0.311 e. The van der Waals surface area contributed by atoms with Crippen molar-refractivity contribution < 1.29 is 24.2 Å². The second-order valence-electron chi connectivity index (χ2n) is 10.3. The van der Waals surface area contributed by atoms with E-state index in [1.807, 2.05) is 32.9 Å². The molecular formula is C28H35ClN2O5S. The Balaban J connectivity index is 1.86. The zero-order valence-electron chi connectivity index (χ0n) is 21.6. The lowest BCUT2D eigenvalue weighted by Gasteiger charge is -2.39. The number of hydrogen-bond donors (Lipinski definition) is 1. The first-order valence-electron chi connectivity index (χ1n) is 12.7. The van der Waals surface area contributed by atoms with Crippen molar-refractivity contribution in [3.05, 3.63) is 54.1 Å². The van der Waals surface area contributed by atoms with Gasteiger partial charge in [0.05, 0.1) is 39.9 Å². The molecule has 3 heterocycles. The molecule has 2 unspecified atom stereocenters. The van der Waals surface area contributed by atoms with Crippen LogP contribution >= 0.6 is 23.4 Å². The average molecular weight is 547 g/mol. The number of fused-ring (bicyclic) bond motifs is 1. The number of esters is 1. The van der Waals surface area contributed by atoms with Crippen molar-refractivity contribution in [1.82, 2.24) is 4.90 Å². The average Bonchev–Trinajstić information content (AvgIpc) is 3.43. The van der Waals surface area contributed by atoms with Crippen LogP contribution in [0.1, 0.15) is 38.7 Å². The molecule has 0 aromatic heterocycles. The van der Waals surface area contributed by atoms with Crippen LogP contribution in [-0.2, 0) is 19.1 Å². The topological polar surface area (TPSA) is 87.1 Å². The number of benzene rings is 1. The summed E-state index contributed by atoms with van der Waals surface area (Å²) >= 11 is 8.16. The summed E-state index contributed by atoms with van der Waals surface area (Å²) in [5.41, 5.74) is 1.40. The highest BCUT2D eigenvalue weighted by molar-refractivity contribution is 8.02. The molecule has 3 saturated heterocycles. The standard InChI is InChI=1S/C28H35ClN2O5S/c1-6-14-30(22-17(4)10-9-11-19(22)29)25(34)23-28-13-12-27(5,37-28)21(26(35)36-15-7-2)20(28)24(33)31(23)18(8-3)16-32/h6-7,9-11,18,20-21,23,32H,1-2,8,12-16H2,3-5H3/t18-,20-,21+,23?,27-,28?/m0/s1. The number of anilines is 1. The Morgan fingerprint density at radius 2 is 2.08 bits per heavy atom. The minimum absolute atomic E-state index is 0.0587. The highest BCUT2D eigenvalue weighted by Gasteiger charge is 2.78. The lowest BCUT2D eigenvalue weighted by molar-refractivity contribution is -0.155. The van der Waals surface area contributed by atoms with Gasteiger partial charge in [-0.25, -0.2) is 0 Å². The van der Waals surface area contributed by atoms with Crippen LogP contribution in [0.15, 0.2) is 43.5 Å². The molecule has 1 spiro atoms. The molecule has 6 atom stereocenters. The predicted molar refractivity (Wildman–Crippen MR) is 147 cm³/mol. The number of hydrogen-bond acceptors (Lipinski definition) is 6. The molecule has 37 heavy (non-hydrogen) atoms. The molecule has 3 aliphatic rings. The quantitative estimate of drug-likeness (QED) is 0.350. The summed E-state index contributed by atoms with van der Waals surface area (Å²) in [6.45, 7) is 13.2. The van der Waals surface area contributed by atoms with Gasteiger partial charge in [-0.05, 0) is 44.7 Å². The van der Waals surface area contributed by atoms with Crippen molar-refractivity contribution in [3.63, 3.8) is 0 Å². The molecule has 4 rings (SSSR count). The first-order valence-corrected chi connectivity index (χ1v) is 13.9. The monoisotopic (exact) mass is 546 g/mol. The number of rotatable bonds is 10. The number of ether oxygens (including phenoxy) is 1. The van der Waals surface area contributed by atoms with E-state index in [1.54, 1.807) is 33.7 Å². The molecule has 9 heteroatoms. The molecular weight excluding hydrogens is 512 g/mol. The molecule has 200 valence electrons. The van der Waals surface area contributed by atoms with Gasteiger partial charge in [-0.1, -0.05) is 49.4 Å². The number of amides is 2. The summed E-state index contributed by atoms with van der Waals surface area (Å²) in [5, 5.41) is 10.7. The summed E-state index contributed by atoms with van der Waals surface area (Å²) in [4.78, 5) is 45.2. The molecule has 3 fully saturated rings. The van der Waals surface area contributed by atoms with Crippen LogP contribution in [-0.4, -0.2) is 69.1 Å². The Labute approximate surface area is 227 Å². The van der Waals surface area contributed by atoms with E-state index in [-0.39, 0.29) is 31.6 Å². The number of para-hydroxylation sites is 1. The maximum absolute atomic E-state index is 14.6. The first kappa shape index (κ1) is 27.7. The van der Waals surface area contributed by atoms with Crippen LogP contribution in [0.3, 0.4) is 0 Å². The van der Waals surface area contributed by atoms with Gasteiger partial charge in [0.15, 0.2) is 0 Å². The minimum Gasteiger partial charge on any atom is -0.461 e. The molecule has 1 aromatic rings. The highest BCUT2D eigenvalue weighted by atomic mass is 35.5. The van der Waals surface area contributed by atoms with Gasteiger partial charge in [0.1, 0.15) is 12.6 Å². The van der Waals surface area contributed by atoms with E-state index in [0.29, 0.717) is 30.0 Å². The Morgan fingerprint density at radius 1 is 1.35 bits per heavy atom. The van der Waals surface area contributed by atoms with Crippen molar-refractivity contribution in [2.24, 2.45) is 11.8 Å². The van der Waals surface area contributed by atoms with Gasteiger partial charge < -0.3 is 19.6 Å². The number of halogens is 1. The smallest absolute Gasteiger partial charge is 0.311 e. The van der Waals surface area contributed by atoms with Crippen LogP contribution < -0.4 is 4.90 Å². The normalized spacial score (nSPS) is 30.7. The summed E-state index contributed by atoms with van der Waals surface area (Å²) < 4.78 is 4.11. The number of carbonyl (C=O) groups excluding carboxylic acids is 3. The van der Waals surface area contributed by atoms with E-state index in [0.717, 1.165) is 5.56 Å². The number of aryl methyl sites for hydroxylation is 1. The van der Waals surface area contributed by atoms with E-state index in [9.17, 15) is 19.5 Å². The number of likely N-dealkylation sites (tertiary alicyclic amines) is 1. The van der Waals surface area contributed by atoms with E-state index in [1.165, 1.54) is 6.08 Å². The van der Waals surface area contributed by atoms with E-state index >= 15 is 0 Å². The van der Waals surface area contributed by atoms with Crippen molar-refractivity contribution >= 4 is 46.8 Å². The van der Waals surface area contributed by atoms with Crippen molar-refractivity contribution in [3.8, 4) is 0 Å². The van der Waals surface area contributed by atoms with Crippen molar-refractivity contribution in [1.29, 1.82) is 0 Å². The number of thioether (sulfide) groups is 1. The third-order valence-corrected chi connectivity index (χ3v) is 10.4. The number of aliphatic hydroxyl groups is 1. The van der Waals surface area contributed by atoms with Gasteiger partial charge in [-0.2, -0.15) is 0 Å². The first-order chi connectivity index (χ1) is 17.6. The van der Waals surface area contributed by atoms with Crippen molar-refractivity contribution in [2.45, 2.75) is 61.6 Å². The molecule has 1 aromatic carbocycles. The van der Waals surface area contributed by atoms with Crippen LogP contribution in [0, 0.1) is 18.8 Å². The zero-order valence-corrected chi connectivity index (χ0v) is 23.2. The summed E-state index contributed by atoms with van der Waals surface area (Å²) in [5.74, 6) is -2.41. The van der Waals surface area contributed by atoms with Gasteiger partial charge in [0.25, 0.3) is 5.91 Å². The molecule has 7 nitrogen and oxygen atoms in total. The third-order valence-electron chi connectivity index (χ3n) is 8.16. The summed E-state index contributed by atoms with van der Waals surface area (Å²) in [6.07, 6.45) is 4.89. The fraction of sp³-hybridized carbons (Fsp3) is 0.536. The van der Waals surface area contributed by atoms with E-state index in [4.69, 9.17) is 16.3 Å². The maximum atomic E-state index is 14.6. The molecule has 2 amide bonds. The Hall–Kier alpha value is -2.29. The molecule has 3 aliphatic heterocycles. The summed E-state index contributed by atoms with van der Waals surface area (Å²) in [6, 6.07) is 4.01. The highest BCUT2D eigenvalue weighted by Crippen LogP contribution is 2.72. The van der Waals surface area contributed by atoms with Gasteiger partial charge >= 0.3 is 5.97 Å². The number of nitrogens with zero attached hydrogens (tertiary/aromatic N) is 2. The fourth-order valence-electron chi connectivity index (χ4n) is 6.57. The summed E-state index contributed by atoms with van der Waals surface area (Å²) in [7, 11) is 0. The second-order valence-corrected chi connectivity index (χ2v) is 12.6. The molecule has 0 saturated carbocycles. The van der Waals surface area contributed by atoms with E-state index < -0.39 is 39.4 Å². The molecule has 2 bridgehead atoms. The van der Waals surface area contributed by atoms with Crippen LogP contribution in [0.2, 0.25) is 5.02 Å². The van der Waals surface area contributed by atoms with Crippen LogP contribution in [0.25, 0.3) is 0 Å². The van der Waals surface area contributed by atoms with E-state index in [2.05, 4.69) is 13.2 Å². The molecule has 0 aliphatic carbocycles. The Bertz CT molecular complexity index is 1100. The van der Waals surface area contributed by atoms with Gasteiger partial charge in [0.2, 0.25) is 5.91 Å². The lowest BCUT2D eigenvalue weighted by Crippen LogP contribution is -2.57. The minimum atomic E-state index is -0.873. The lowest BCUT2D eigenvalue weighted by atomic mass is 9.66. The van der Waals surface area contributed by atoms with Crippen molar-refractivity contribution in [2.75, 3.05) is 24.7 Å². The number of aliphatic hydroxyl groups excluding tert-OH is 1.